The van der Waals surface area contributed by atoms with Gasteiger partial charge in [-0.05, 0) is 0 Å². The molecule has 0 aliphatic heterocycles. The normalized spacial score (nSPS) is 9.79. The summed E-state index contributed by atoms with van der Waals surface area (Å²) in [5.41, 5.74) is -0.0834. The molecule has 0 aliphatic rings. The molecule has 1 heterocycles. The van der Waals surface area contributed by atoms with Crippen LogP contribution in [0.15, 0.2) is 18.5 Å². The number of nitro groups is 1. The molecule has 0 atom stereocenters. The van der Waals surface area contributed by atoms with Crippen LogP contribution in [0.2, 0.25) is 0 Å². The van der Waals surface area contributed by atoms with Gasteiger partial charge in [-0.1, -0.05) is 0 Å². The molecule has 0 saturated carbocycles. The van der Waals surface area contributed by atoms with E-state index in [2.05, 4.69) is 4.98 Å². The summed E-state index contributed by atoms with van der Waals surface area (Å²) in [4.78, 5) is 13.5. The van der Waals surface area contributed by atoms with E-state index in [9.17, 15) is 10.1 Å². The molecular weight excluding hydrogens is 188 g/mol. The van der Waals surface area contributed by atoms with Gasteiger partial charge in [-0.3, -0.25) is 15.1 Å². The average molecular weight is 198 g/mol. The van der Waals surface area contributed by atoms with E-state index in [1.807, 2.05) is 0 Å². The van der Waals surface area contributed by atoms with Crippen LogP contribution in [0.4, 0.5) is 5.69 Å². The molecule has 1 rings (SSSR count). The Morgan fingerprint density at radius 2 is 2.29 bits per heavy atom. The minimum atomic E-state index is -0.518. The van der Waals surface area contributed by atoms with Crippen molar-refractivity contribution in [3.05, 3.63) is 28.6 Å². The Labute approximate surface area is 80.6 Å². The third-order valence-corrected chi connectivity index (χ3v) is 1.47. The molecule has 14 heavy (non-hydrogen) atoms. The third-order valence-electron chi connectivity index (χ3n) is 1.47. The van der Waals surface area contributed by atoms with Crippen molar-refractivity contribution in [3.63, 3.8) is 0 Å². The zero-order valence-corrected chi connectivity index (χ0v) is 7.67. The van der Waals surface area contributed by atoms with E-state index < -0.39 is 4.92 Å². The van der Waals surface area contributed by atoms with Gasteiger partial charge >= 0.3 is 0 Å². The Balaban J connectivity index is 2.59. The van der Waals surface area contributed by atoms with Gasteiger partial charge in [0, 0.05) is 7.11 Å². The summed E-state index contributed by atoms with van der Waals surface area (Å²) in [5, 5.41) is 10.4. The maximum atomic E-state index is 10.4. The van der Waals surface area contributed by atoms with Crippen LogP contribution in [-0.2, 0) is 4.74 Å². The summed E-state index contributed by atoms with van der Waals surface area (Å²) in [5.74, 6) is 0.372. The number of ether oxygens (including phenoxy) is 2. The number of hydrogen-bond donors (Lipinski definition) is 0. The largest absolute Gasteiger partial charge is 0.489 e. The Kier molecular flexibility index (Phi) is 3.81. The van der Waals surface area contributed by atoms with Crippen LogP contribution >= 0.6 is 0 Å². The second-order valence-electron chi connectivity index (χ2n) is 2.48. The number of rotatable bonds is 5. The Bertz CT molecular complexity index is 316. The highest BCUT2D eigenvalue weighted by Gasteiger charge is 2.06. The summed E-state index contributed by atoms with van der Waals surface area (Å²) < 4.78 is 9.91. The number of pyridine rings is 1. The van der Waals surface area contributed by atoms with Gasteiger partial charge in [-0.15, -0.1) is 0 Å². The van der Waals surface area contributed by atoms with Gasteiger partial charge in [0.05, 0.1) is 23.8 Å². The van der Waals surface area contributed by atoms with Crippen molar-refractivity contribution in [1.82, 2.24) is 4.98 Å². The minimum Gasteiger partial charge on any atom is -0.489 e. The molecule has 0 saturated heterocycles. The molecular formula is C8H10N2O4. The molecule has 0 fully saturated rings. The number of hydrogen-bond acceptors (Lipinski definition) is 5. The van der Waals surface area contributed by atoms with E-state index in [1.54, 1.807) is 7.11 Å². The molecule has 1 aromatic heterocycles. The number of nitrogens with zero attached hydrogens (tertiary/aromatic N) is 2. The fourth-order valence-electron chi connectivity index (χ4n) is 0.829. The van der Waals surface area contributed by atoms with Crippen LogP contribution < -0.4 is 4.74 Å². The number of aromatic nitrogens is 1. The van der Waals surface area contributed by atoms with Gasteiger partial charge in [0.2, 0.25) is 0 Å². The predicted octanol–water partition coefficient (Wildman–Crippen LogP) is 1.02. The summed E-state index contributed by atoms with van der Waals surface area (Å²) in [7, 11) is 1.55. The molecule has 1 aromatic rings. The standard InChI is InChI=1S/C8H10N2O4/c1-13-2-3-14-8-4-7(10(11)12)5-9-6-8/h4-6H,2-3H2,1H3. The summed E-state index contributed by atoms with van der Waals surface area (Å²) in [6.07, 6.45) is 2.59. The van der Waals surface area contributed by atoms with E-state index in [0.29, 0.717) is 19.0 Å². The second kappa shape index (κ2) is 5.13. The van der Waals surface area contributed by atoms with Crippen LogP contribution in [0, 0.1) is 10.1 Å². The van der Waals surface area contributed by atoms with Crippen molar-refractivity contribution in [2.24, 2.45) is 0 Å². The van der Waals surface area contributed by atoms with Crippen molar-refractivity contribution in [2.45, 2.75) is 0 Å². The molecule has 0 unspecified atom stereocenters. The molecule has 0 aliphatic carbocycles. The zero-order valence-electron chi connectivity index (χ0n) is 7.67. The Hall–Kier alpha value is -1.69. The first-order valence-corrected chi connectivity index (χ1v) is 3.95. The average Bonchev–Trinajstić information content (AvgIpc) is 2.19. The van der Waals surface area contributed by atoms with E-state index in [-0.39, 0.29) is 5.69 Å². The lowest BCUT2D eigenvalue weighted by molar-refractivity contribution is -0.385. The first-order valence-electron chi connectivity index (χ1n) is 3.95. The van der Waals surface area contributed by atoms with Gasteiger partial charge in [-0.25, -0.2) is 0 Å². The first kappa shape index (κ1) is 10.4. The van der Waals surface area contributed by atoms with Crippen molar-refractivity contribution >= 4 is 5.69 Å². The van der Waals surface area contributed by atoms with Crippen molar-refractivity contribution in [1.29, 1.82) is 0 Å². The maximum Gasteiger partial charge on any atom is 0.291 e. The van der Waals surface area contributed by atoms with Crippen LogP contribution in [0.1, 0.15) is 0 Å². The molecule has 0 radical (unpaired) electrons. The van der Waals surface area contributed by atoms with Gasteiger partial charge in [0.1, 0.15) is 18.6 Å². The maximum absolute atomic E-state index is 10.4. The van der Waals surface area contributed by atoms with Crippen LogP contribution in [0.25, 0.3) is 0 Å². The van der Waals surface area contributed by atoms with Gasteiger partial charge in [-0.2, -0.15) is 0 Å². The highest BCUT2D eigenvalue weighted by Crippen LogP contribution is 2.16. The minimum absolute atomic E-state index is 0.0834. The quantitative estimate of drug-likeness (QED) is 0.401. The Morgan fingerprint density at radius 1 is 1.50 bits per heavy atom. The fraction of sp³-hybridized carbons (Fsp3) is 0.375. The van der Waals surface area contributed by atoms with Crippen molar-refractivity contribution < 1.29 is 14.4 Å². The lowest BCUT2D eigenvalue weighted by Crippen LogP contribution is -2.04. The lowest BCUT2D eigenvalue weighted by Gasteiger charge is -2.03. The van der Waals surface area contributed by atoms with Crippen LogP contribution in [0.5, 0.6) is 5.75 Å². The van der Waals surface area contributed by atoms with Gasteiger partial charge in [0.25, 0.3) is 5.69 Å². The molecule has 0 spiro atoms. The van der Waals surface area contributed by atoms with Crippen molar-refractivity contribution in [2.75, 3.05) is 20.3 Å². The lowest BCUT2D eigenvalue weighted by atomic mass is 10.4. The molecule has 0 N–H and O–H groups in total. The molecule has 6 heteroatoms. The van der Waals surface area contributed by atoms with E-state index >= 15 is 0 Å². The highest BCUT2D eigenvalue weighted by atomic mass is 16.6. The number of methoxy groups -OCH3 is 1. The van der Waals surface area contributed by atoms with Crippen molar-refractivity contribution in [3.8, 4) is 5.75 Å². The summed E-state index contributed by atoms with van der Waals surface area (Å²) in [6, 6.07) is 1.32. The summed E-state index contributed by atoms with van der Waals surface area (Å²) in [6.45, 7) is 0.780. The molecule has 0 bridgehead atoms. The van der Waals surface area contributed by atoms with Crippen LogP contribution in [0.3, 0.4) is 0 Å². The van der Waals surface area contributed by atoms with E-state index in [0.717, 1.165) is 0 Å². The topological polar surface area (TPSA) is 74.5 Å². The van der Waals surface area contributed by atoms with E-state index in [4.69, 9.17) is 9.47 Å². The van der Waals surface area contributed by atoms with Gasteiger partial charge in [0.15, 0.2) is 0 Å². The third kappa shape index (κ3) is 2.98. The van der Waals surface area contributed by atoms with Crippen LogP contribution in [-0.4, -0.2) is 30.2 Å². The zero-order chi connectivity index (χ0) is 10.4. The molecule has 76 valence electrons. The fourth-order valence-corrected chi connectivity index (χ4v) is 0.829. The molecule has 0 aromatic carbocycles. The smallest absolute Gasteiger partial charge is 0.291 e. The highest BCUT2D eigenvalue weighted by molar-refractivity contribution is 5.33. The monoisotopic (exact) mass is 198 g/mol. The summed E-state index contributed by atoms with van der Waals surface area (Å²) >= 11 is 0. The SMILES string of the molecule is COCCOc1cncc([N+](=O)[O-])c1. The van der Waals surface area contributed by atoms with E-state index in [1.165, 1.54) is 18.5 Å². The first-order chi connectivity index (χ1) is 6.74. The molecule has 0 amide bonds. The van der Waals surface area contributed by atoms with Gasteiger partial charge < -0.3 is 9.47 Å². The Morgan fingerprint density at radius 3 is 2.93 bits per heavy atom. The second-order valence-corrected chi connectivity index (χ2v) is 2.48. The predicted molar refractivity (Wildman–Crippen MR) is 48.3 cm³/mol. The molecule has 6 nitrogen and oxygen atoms in total.